The van der Waals surface area contributed by atoms with Crippen LogP contribution < -0.4 is 0 Å². The Bertz CT molecular complexity index is 1060. The quantitative estimate of drug-likeness (QED) is 0.544. The maximum atomic E-state index is 9.00. The fraction of sp³-hybridized carbons (Fsp3) is 0.111. The van der Waals surface area contributed by atoms with E-state index in [0.29, 0.717) is 12.1 Å². The molecule has 3 aromatic heterocycles. The van der Waals surface area contributed by atoms with E-state index < -0.39 is 0 Å². The molecule has 0 spiro atoms. The third-order valence-electron chi connectivity index (χ3n) is 3.76. The number of aromatic nitrogens is 6. The van der Waals surface area contributed by atoms with E-state index in [9.17, 15) is 0 Å². The van der Waals surface area contributed by atoms with E-state index in [0.717, 1.165) is 34.1 Å². The van der Waals surface area contributed by atoms with Gasteiger partial charge >= 0.3 is 0 Å². The molecular formula is C18H13N7S. The molecule has 8 heteroatoms. The minimum atomic E-state index is 0.607. The maximum absolute atomic E-state index is 9.00. The number of hydrogen-bond acceptors (Lipinski definition) is 7. The van der Waals surface area contributed by atoms with Crippen molar-refractivity contribution in [2.75, 3.05) is 0 Å². The molecule has 0 bridgehead atoms. The van der Waals surface area contributed by atoms with Gasteiger partial charge in [0.15, 0.2) is 0 Å². The SMILES string of the molecule is N#Cc1cccc(-c2cn(CCc3csc(-c4cnccn4)n3)nn2)c1. The molecule has 0 unspecified atom stereocenters. The molecule has 0 fully saturated rings. The highest BCUT2D eigenvalue weighted by Gasteiger charge is 2.08. The van der Waals surface area contributed by atoms with Gasteiger partial charge in [0.1, 0.15) is 16.4 Å². The zero-order chi connectivity index (χ0) is 17.8. The largest absolute Gasteiger partial charge is 0.261 e. The van der Waals surface area contributed by atoms with Crippen LogP contribution in [0.4, 0.5) is 0 Å². The van der Waals surface area contributed by atoms with Crippen LogP contribution in [-0.2, 0) is 13.0 Å². The van der Waals surface area contributed by atoms with Crippen LogP contribution >= 0.6 is 11.3 Å². The standard InChI is InChI=1S/C18H13N7S/c19-9-13-2-1-3-14(8-13)17-11-25(24-23-17)7-4-15-12-26-18(22-15)16-10-20-5-6-21-16/h1-3,5-6,8,10-12H,4,7H2. The lowest BCUT2D eigenvalue weighted by Crippen LogP contribution is -2.02. The van der Waals surface area contributed by atoms with E-state index in [-0.39, 0.29) is 0 Å². The summed E-state index contributed by atoms with van der Waals surface area (Å²) in [6.45, 7) is 0.675. The summed E-state index contributed by atoms with van der Waals surface area (Å²) in [5, 5.41) is 20.3. The van der Waals surface area contributed by atoms with Crippen LogP contribution in [0, 0.1) is 11.3 Å². The predicted octanol–water partition coefficient (Wildman–Crippen LogP) is 2.97. The van der Waals surface area contributed by atoms with Crippen molar-refractivity contribution in [1.82, 2.24) is 29.9 Å². The summed E-state index contributed by atoms with van der Waals surface area (Å²) >= 11 is 1.55. The van der Waals surface area contributed by atoms with Crippen LogP contribution in [0.5, 0.6) is 0 Å². The zero-order valence-corrected chi connectivity index (χ0v) is 14.5. The molecule has 0 aliphatic carbocycles. The highest BCUT2D eigenvalue weighted by molar-refractivity contribution is 7.13. The Balaban J connectivity index is 1.44. The van der Waals surface area contributed by atoms with Crippen LogP contribution in [0.1, 0.15) is 11.3 Å². The molecule has 126 valence electrons. The molecule has 4 aromatic rings. The van der Waals surface area contributed by atoms with E-state index in [1.807, 2.05) is 29.8 Å². The first-order chi connectivity index (χ1) is 12.8. The van der Waals surface area contributed by atoms with Gasteiger partial charge < -0.3 is 0 Å². The van der Waals surface area contributed by atoms with Gasteiger partial charge in [0.05, 0.1) is 29.7 Å². The van der Waals surface area contributed by atoms with Crippen LogP contribution in [0.3, 0.4) is 0 Å². The van der Waals surface area contributed by atoms with Crippen LogP contribution in [0.25, 0.3) is 22.0 Å². The second kappa shape index (κ2) is 7.21. The molecule has 26 heavy (non-hydrogen) atoms. The summed E-state index contributed by atoms with van der Waals surface area (Å²) in [6, 6.07) is 9.47. The Hall–Kier alpha value is -3.44. The smallest absolute Gasteiger partial charge is 0.143 e. The van der Waals surface area contributed by atoms with Gasteiger partial charge in [-0.2, -0.15) is 5.26 Å². The molecule has 0 aliphatic rings. The van der Waals surface area contributed by atoms with Gasteiger partial charge in [-0.15, -0.1) is 16.4 Å². The number of aryl methyl sites for hydroxylation is 2. The van der Waals surface area contributed by atoms with E-state index in [4.69, 9.17) is 5.26 Å². The Morgan fingerprint density at radius 1 is 1.19 bits per heavy atom. The number of thiazole rings is 1. The van der Waals surface area contributed by atoms with E-state index in [1.165, 1.54) is 0 Å². The van der Waals surface area contributed by atoms with Gasteiger partial charge in [-0.1, -0.05) is 17.3 Å². The van der Waals surface area contributed by atoms with Crippen molar-refractivity contribution in [3.63, 3.8) is 0 Å². The number of hydrogen-bond donors (Lipinski definition) is 0. The lowest BCUT2D eigenvalue weighted by atomic mass is 10.1. The van der Waals surface area contributed by atoms with Crippen molar-refractivity contribution in [3.8, 4) is 28.0 Å². The molecule has 0 saturated heterocycles. The third kappa shape index (κ3) is 3.48. The van der Waals surface area contributed by atoms with Crippen molar-refractivity contribution in [3.05, 3.63) is 65.7 Å². The minimum absolute atomic E-state index is 0.607. The minimum Gasteiger partial charge on any atom is -0.261 e. The second-order valence-corrected chi connectivity index (χ2v) is 6.40. The lowest BCUT2D eigenvalue weighted by molar-refractivity contribution is 0.585. The van der Waals surface area contributed by atoms with E-state index >= 15 is 0 Å². The highest BCUT2D eigenvalue weighted by Crippen LogP contribution is 2.21. The van der Waals surface area contributed by atoms with Gasteiger partial charge in [0.2, 0.25) is 0 Å². The first-order valence-corrected chi connectivity index (χ1v) is 8.81. The summed E-state index contributed by atoms with van der Waals surface area (Å²) in [7, 11) is 0. The number of nitrogens with zero attached hydrogens (tertiary/aromatic N) is 7. The molecule has 0 saturated carbocycles. The summed E-state index contributed by atoms with van der Waals surface area (Å²) < 4.78 is 1.79. The lowest BCUT2D eigenvalue weighted by Gasteiger charge is -1.98. The highest BCUT2D eigenvalue weighted by atomic mass is 32.1. The molecule has 7 nitrogen and oxygen atoms in total. The van der Waals surface area contributed by atoms with Crippen molar-refractivity contribution in [2.24, 2.45) is 0 Å². The van der Waals surface area contributed by atoms with E-state index in [1.54, 1.807) is 40.7 Å². The summed E-state index contributed by atoms with van der Waals surface area (Å²) in [5.74, 6) is 0. The predicted molar refractivity (Wildman–Crippen MR) is 97.0 cm³/mol. The fourth-order valence-electron chi connectivity index (χ4n) is 2.47. The molecule has 0 aliphatic heterocycles. The average Bonchev–Trinajstić information content (AvgIpc) is 3.37. The summed E-state index contributed by atoms with van der Waals surface area (Å²) in [6.07, 6.45) is 7.65. The number of nitriles is 1. The van der Waals surface area contributed by atoms with Gasteiger partial charge in [-0.25, -0.2) is 4.98 Å². The normalized spacial score (nSPS) is 10.6. The van der Waals surface area contributed by atoms with Crippen molar-refractivity contribution >= 4 is 11.3 Å². The Morgan fingerprint density at radius 2 is 2.15 bits per heavy atom. The topological polar surface area (TPSA) is 93.2 Å². The first-order valence-electron chi connectivity index (χ1n) is 7.93. The second-order valence-electron chi connectivity index (χ2n) is 5.54. The third-order valence-corrected chi connectivity index (χ3v) is 4.67. The molecule has 0 N–H and O–H groups in total. The summed E-state index contributed by atoms with van der Waals surface area (Å²) in [4.78, 5) is 12.9. The number of rotatable bonds is 5. The molecule has 1 aromatic carbocycles. The molecular weight excluding hydrogens is 346 g/mol. The monoisotopic (exact) mass is 359 g/mol. The molecule has 0 atom stereocenters. The van der Waals surface area contributed by atoms with Gasteiger partial charge in [-0.3, -0.25) is 14.6 Å². The van der Waals surface area contributed by atoms with Gasteiger partial charge in [0, 0.05) is 36.3 Å². The first kappa shape index (κ1) is 16.1. The van der Waals surface area contributed by atoms with Gasteiger partial charge in [0.25, 0.3) is 0 Å². The zero-order valence-electron chi connectivity index (χ0n) is 13.6. The maximum Gasteiger partial charge on any atom is 0.143 e. The van der Waals surface area contributed by atoms with Gasteiger partial charge in [-0.05, 0) is 12.1 Å². The molecule has 3 heterocycles. The average molecular weight is 359 g/mol. The molecule has 0 amide bonds. The Kier molecular flexibility index (Phi) is 4.45. The van der Waals surface area contributed by atoms with Crippen LogP contribution in [0.15, 0.2) is 54.4 Å². The summed E-state index contributed by atoms with van der Waals surface area (Å²) in [5.41, 5.74) is 4.01. The van der Waals surface area contributed by atoms with Crippen molar-refractivity contribution in [1.29, 1.82) is 5.26 Å². The van der Waals surface area contributed by atoms with Crippen LogP contribution in [-0.4, -0.2) is 29.9 Å². The van der Waals surface area contributed by atoms with E-state index in [2.05, 4.69) is 31.3 Å². The molecule has 0 radical (unpaired) electrons. The van der Waals surface area contributed by atoms with Crippen molar-refractivity contribution in [2.45, 2.75) is 13.0 Å². The van der Waals surface area contributed by atoms with Crippen LogP contribution in [0.2, 0.25) is 0 Å². The Morgan fingerprint density at radius 3 is 3.00 bits per heavy atom. The molecule has 4 rings (SSSR count). The fourth-order valence-corrected chi connectivity index (χ4v) is 3.28. The number of benzene rings is 1. The van der Waals surface area contributed by atoms with Crippen molar-refractivity contribution < 1.29 is 0 Å². The Labute approximate surface area is 153 Å².